The number of sulfone groups is 1. The fraction of sp³-hybridized carbons (Fsp3) is 0.333. The Kier molecular flexibility index (Phi) is 6.58. The highest BCUT2D eigenvalue weighted by Gasteiger charge is 2.39. The predicted molar refractivity (Wildman–Crippen MR) is 145 cm³/mol. The molecule has 11 heteroatoms. The van der Waals surface area contributed by atoms with Gasteiger partial charge in [0, 0.05) is 23.7 Å². The summed E-state index contributed by atoms with van der Waals surface area (Å²) in [5.74, 6) is -0.295. The second-order valence-electron chi connectivity index (χ2n) is 10.2. The Morgan fingerprint density at radius 3 is 2.45 bits per heavy atom. The Morgan fingerprint density at radius 1 is 1.05 bits per heavy atom. The molecule has 0 radical (unpaired) electrons. The van der Waals surface area contributed by atoms with Crippen LogP contribution in [-0.2, 0) is 15.6 Å². The van der Waals surface area contributed by atoms with Crippen molar-refractivity contribution in [2.45, 2.75) is 25.0 Å². The quantitative estimate of drug-likeness (QED) is 0.465. The molecule has 3 aromatic rings. The molecule has 2 aromatic carbocycles. The lowest BCUT2D eigenvalue weighted by Gasteiger charge is -2.20. The predicted octanol–water partition coefficient (Wildman–Crippen LogP) is 5.16. The number of hydrazine groups is 1. The molecule has 198 valence electrons. The number of halogens is 3. The number of aromatic nitrogens is 2. The molecule has 1 saturated heterocycles. The summed E-state index contributed by atoms with van der Waals surface area (Å²) in [4.78, 5) is 13.8. The fourth-order valence-corrected chi connectivity index (χ4v) is 7.87. The average Bonchev–Trinajstić information content (AvgIpc) is 3.53. The van der Waals surface area contributed by atoms with Gasteiger partial charge >= 0.3 is 0 Å². The van der Waals surface area contributed by atoms with Crippen LogP contribution < -0.4 is 5.43 Å². The van der Waals surface area contributed by atoms with Crippen molar-refractivity contribution in [3.05, 3.63) is 80.8 Å². The van der Waals surface area contributed by atoms with Crippen LogP contribution in [0.15, 0.2) is 42.5 Å². The number of hydrogen-bond donors (Lipinski definition) is 1. The van der Waals surface area contributed by atoms with Crippen molar-refractivity contribution in [3.63, 3.8) is 0 Å². The van der Waals surface area contributed by atoms with Gasteiger partial charge in [-0.1, -0.05) is 41.8 Å². The Labute approximate surface area is 230 Å². The first-order valence-corrected chi connectivity index (χ1v) is 15.0. The minimum atomic E-state index is -3.60. The van der Waals surface area contributed by atoms with Crippen LogP contribution in [-0.4, -0.2) is 48.0 Å². The number of rotatable bonds is 4. The molecule has 7 nitrogen and oxygen atoms in total. The first kappa shape index (κ1) is 25.6. The van der Waals surface area contributed by atoms with Crippen molar-refractivity contribution >= 4 is 50.6 Å². The summed E-state index contributed by atoms with van der Waals surface area (Å²) in [5, 5.41) is 7.35. The van der Waals surface area contributed by atoms with Gasteiger partial charge in [0.15, 0.2) is 9.84 Å². The average molecular weight is 575 g/mol. The molecular formula is C27H25Cl2FN4O3S. The van der Waals surface area contributed by atoms with E-state index in [1.165, 1.54) is 23.2 Å². The number of nitrogens with zero attached hydrogens (tertiary/aromatic N) is 3. The van der Waals surface area contributed by atoms with Crippen molar-refractivity contribution in [2.24, 2.45) is 11.8 Å². The van der Waals surface area contributed by atoms with Gasteiger partial charge in [0.25, 0.3) is 5.91 Å². The van der Waals surface area contributed by atoms with E-state index in [0.29, 0.717) is 44.9 Å². The summed E-state index contributed by atoms with van der Waals surface area (Å²) in [6.07, 6.45) is 5.19. The minimum Gasteiger partial charge on any atom is -0.283 e. The maximum Gasteiger partial charge on any atom is 0.284 e. The number of carbonyl (C=O) groups excluding carboxylic acids is 1. The van der Waals surface area contributed by atoms with E-state index in [4.69, 9.17) is 28.3 Å². The first-order chi connectivity index (χ1) is 18.2. The molecule has 3 heterocycles. The van der Waals surface area contributed by atoms with Crippen molar-refractivity contribution in [1.29, 1.82) is 0 Å². The molecule has 1 amide bonds. The second-order valence-corrected chi connectivity index (χ2v) is 13.1. The monoisotopic (exact) mass is 574 g/mol. The van der Waals surface area contributed by atoms with Crippen LogP contribution in [0.1, 0.15) is 46.6 Å². The van der Waals surface area contributed by atoms with Crippen molar-refractivity contribution in [1.82, 2.24) is 20.2 Å². The maximum absolute atomic E-state index is 13.8. The Bertz CT molecular complexity index is 1560. The van der Waals surface area contributed by atoms with E-state index >= 15 is 0 Å². The standard InChI is InChI=1S/C27H25Cl2FN4O3S/c28-20-6-9-24(23(29)11-20)34-26(27(35)32-33-12-17-2-1-3-18(17)13-33)22-15-38(36,37)14-19(25(22)31-34)10-16-4-7-21(30)8-5-16/h4-11,17-18H,1-3,12-15H2,(H,32,35)/b19-10+. The number of nitrogens with one attached hydrogen (secondary N) is 1. The number of benzene rings is 2. The van der Waals surface area contributed by atoms with Crippen LogP contribution in [0.4, 0.5) is 4.39 Å². The SMILES string of the molecule is O=C(NN1CC2CCCC2C1)c1c2c(nn1-c1ccc(Cl)cc1Cl)/C(=C/c1ccc(F)cc1)CS(=O)(=O)C2. The Balaban J connectivity index is 1.47. The van der Waals surface area contributed by atoms with Gasteiger partial charge in [0.2, 0.25) is 0 Å². The van der Waals surface area contributed by atoms with Gasteiger partial charge in [-0.25, -0.2) is 22.5 Å². The normalized spacial score (nSPS) is 23.4. The Hall–Kier alpha value is -2.72. The van der Waals surface area contributed by atoms with E-state index in [1.54, 1.807) is 36.4 Å². The fourth-order valence-electron chi connectivity index (χ4n) is 5.88. The maximum atomic E-state index is 13.8. The highest BCUT2D eigenvalue weighted by molar-refractivity contribution is 7.91. The molecular weight excluding hydrogens is 550 g/mol. The van der Waals surface area contributed by atoms with E-state index in [-0.39, 0.29) is 22.2 Å². The molecule has 2 aliphatic heterocycles. The van der Waals surface area contributed by atoms with Crippen LogP contribution in [0.2, 0.25) is 10.0 Å². The molecule has 3 aliphatic rings. The zero-order chi connectivity index (χ0) is 26.6. The zero-order valence-electron chi connectivity index (χ0n) is 20.3. The summed E-state index contributed by atoms with van der Waals surface area (Å²) >= 11 is 12.6. The van der Waals surface area contributed by atoms with Crippen molar-refractivity contribution in [2.75, 3.05) is 18.8 Å². The van der Waals surface area contributed by atoms with Crippen molar-refractivity contribution < 1.29 is 17.6 Å². The summed E-state index contributed by atoms with van der Waals surface area (Å²) in [5.41, 5.74) is 5.30. The molecule has 1 aliphatic carbocycles. The van der Waals surface area contributed by atoms with Gasteiger partial charge in [-0.3, -0.25) is 10.2 Å². The third kappa shape index (κ3) is 4.88. The van der Waals surface area contributed by atoms with E-state index in [2.05, 4.69) is 5.43 Å². The molecule has 2 unspecified atom stereocenters. The van der Waals surface area contributed by atoms with Crippen molar-refractivity contribution in [3.8, 4) is 5.69 Å². The van der Waals surface area contributed by atoms with E-state index < -0.39 is 21.6 Å². The number of hydrogen-bond acceptors (Lipinski definition) is 5. The number of fused-ring (bicyclic) bond motifs is 2. The number of carbonyl (C=O) groups is 1. The van der Waals surface area contributed by atoms with Crippen LogP contribution in [0.5, 0.6) is 0 Å². The highest BCUT2D eigenvalue weighted by Crippen LogP contribution is 2.38. The van der Waals surface area contributed by atoms with Crippen LogP contribution >= 0.6 is 23.2 Å². The molecule has 0 bridgehead atoms. The van der Waals surface area contributed by atoms with Gasteiger partial charge < -0.3 is 0 Å². The summed E-state index contributed by atoms with van der Waals surface area (Å²) in [6.45, 7) is 1.53. The van der Waals surface area contributed by atoms with E-state index in [1.807, 2.05) is 5.01 Å². The smallest absolute Gasteiger partial charge is 0.283 e. The third-order valence-corrected chi connectivity index (χ3v) is 9.59. The zero-order valence-corrected chi connectivity index (χ0v) is 22.7. The number of amides is 1. The molecule has 2 fully saturated rings. The molecule has 38 heavy (non-hydrogen) atoms. The van der Waals surface area contributed by atoms with Gasteiger partial charge in [-0.05, 0) is 72.2 Å². The molecule has 1 N–H and O–H groups in total. The van der Waals surface area contributed by atoms with Crippen LogP contribution in [0.25, 0.3) is 17.3 Å². The molecule has 2 atom stereocenters. The minimum absolute atomic E-state index is 0.120. The lowest BCUT2D eigenvalue weighted by molar-refractivity contribution is 0.0805. The molecule has 1 saturated carbocycles. The second kappa shape index (κ2) is 9.79. The van der Waals surface area contributed by atoms with Gasteiger partial charge in [0.05, 0.1) is 27.9 Å². The van der Waals surface area contributed by atoms with Crippen LogP contribution in [0.3, 0.4) is 0 Å². The largest absolute Gasteiger partial charge is 0.284 e. The van der Waals surface area contributed by atoms with E-state index in [0.717, 1.165) is 25.9 Å². The van der Waals surface area contributed by atoms with Gasteiger partial charge in [0.1, 0.15) is 11.5 Å². The summed E-state index contributed by atoms with van der Waals surface area (Å²) in [6, 6.07) is 10.6. The van der Waals surface area contributed by atoms with Crippen LogP contribution in [0, 0.1) is 17.7 Å². The molecule has 6 rings (SSSR count). The van der Waals surface area contributed by atoms with E-state index in [9.17, 15) is 17.6 Å². The highest BCUT2D eigenvalue weighted by atomic mass is 35.5. The lowest BCUT2D eigenvalue weighted by atomic mass is 10.0. The van der Waals surface area contributed by atoms with Gasteiger partial charge in [-0.2, -0.15) is 5.10 Å². The molecule has 0 spiro atoms. The summed E-state index contributed by atoms with van der Waals surface area (Å²) in [7, 11) is -3.60. The Morgan fingerprint density at radius 2 is 1.76 bits per heavy atom. The third-order valence-electron chi connectivity index (χ3n) is 7.58. The topological polar surface area (TPSA) is 84.3 Å². The lowest BCUT2D eigenvalue weighted by Crippen LogP contribution is -2.42. The summed E-state index contributed by atoms with van der Waals surface area (Å²) < 4.78 is 41.0. The first-order valence-electron chi connectivity index (χ1n) is 12.5. The molecule has 1 aromatic heterocycles. The van der Waals surface area contributed by atoms with Gasteiger partial charge in [-0.15, -0.1) is 0 Å².